The third-order valence-corrected chi connectivity index (χ3v) is 1.38. The molecule has 1 fully saturated rings. The van der Waals surface area contributed by atoms with Crippen LogP contribution in [0.2, 0.25) is 0 Å². The predicted octanol–water partition coefficient (Wildman–Crippen LogP) is 0.541. The van der Waals surface area contributed by atoms with Gasteiger partial charge in [-0.05, 0) is 0 Å². The lowest BCUT2D eigenvalue weighted by molar-refractivity contribution is -0.126. The Morgan fingerprint density at radius 1 is 1.82 bits per heavy atom. The van der Waals surface area contributed by atoms with Gasteiger partial charge in [0.2, 0.25) is 5.91 Å². The first-order valence-corrected chi connectivity index (χ1v) is 3.33. The van der Waals surface area contributed by atoms with E-state index in [0.29, 0.717) is 13.2 Å². The van der Waals surface area contributed by atoms with Crippen molar-refractivity contribution in [2.75, 3.05) is 13.2 Å². The van der Waals surface area contributed by atoms with E-state index < -0.39 is 6.09 Å². The van der Waals surface area contributed by atoms with Gasteiger partial charge in [0.05, 0.1) is 6.54 Å². The zero-order valence-corrected chi connectivity index (χ0v) is 6.08. The first-order valence-electron chi connectivity index (χ1n) is 3.33. The quantitative estimate of drug-likeness (QED) is 0.547. The number of carbonyl (C=O) groups excluding carboxylic acids is 2. The Morgan fingerprint density at radius 3 is 3.00 bits per heavy atom. The summed E-state index contributed by atoms with van der Waals surface area (Å²) in [6.45, 7) is 4.07. The van der Waals surface area contributed by atoms with Gasteiger partial charge in [0.1, 0.15) is 6.61 Å². The van der Waals surface area contributed by atoms with Crippen molar-refractivity contribution < 1.29 is 14.3 Å². The molecular formula is C7H9NO3. The van der Waals surface area contributed by atoms with E-state index >= 15 is 0 Å². The van der Waals surface area contributed by atoms with Crippen molar-refractivity contribution in [3.05, 3.63) is 12.7 Å². The van der Waals surface area contributed by atoms with Crippen LogP contribution in [0.4, 0.5) is 4.79 Å². The van der Waals surface area contributed by atoms with Crippen molar-refractivity contribution in [1.29, 1.82) is 0 Å². The lowest BCUT2D eigenvalue weighted by atomic mass is 10.4. The van der Waals surface area contributed by atoms with E-state index in [2.05, 4.69) is 11.3 Å². The number of imide groups is 1. The van der Waals surface area contributed by atoms with Crippen molar-refractivity contribution >= 4 is 12.0 Å². The number of hydrogen-bond acceptors (Lipinski definition) is 3. The monoisotopic (exact) mass is 155 g/mol. The van der Waals surface area contributed by atoms with Gasteiger partial charge in [-0.15, -0.1) is 6.58 Å². The Hall–Kier alpha value is -1.32. The summed E-state index contributed by atoms with van der Waals surface area (Å²) in [6.07, 6.45) is 1.11. The molecule has 4 heteroatoms. The van der Waals surface area contributed by atoms with Gasteiger partial charge in [0.25, 0.3) is 0 Å². The molecular weight excluding hydrogens is 146 g/mol. The van der Waals surface area contributed by atoms with Crippen LogP contribution in [0, 0.1) is 0 Å². The van der Waals surface area contributed by atoms with Crippen molar-refractivity contribution in [3.8, 4) is 0 Å². The second kappa shape index (κ2) is 3.18. The number of ether oxygens (including phenoxy) is 1. The fraction of sp³-hybridized carbons (Fsp3) is 0.429. The number of hydrogen-bond donors (Lipinski definition) is 0. The molecule has 0 saturated carbocycles. The standard InChI is InChI=1S/C7H9NO3/c1-2-3-6(9)8-4-5-11-7(8)10/h2H,1,3-5H2. The Bertz CT molecular complexity index is 200. The molecule has 60 valence electrons. The summed E-state index contributed by atoms with van der Waals surface area (Å²) in [5.41, 5.74) is 0. The van der Waals surface area contributed by atoms with Crippen molar-refractivity contribution in [2.45, 2.75) is 6.42 Å². The Kier molecular flexibility index (Phi) is 2.25. The third kappa shape index (κ3) is 1.58. The maximum Gasteiger partial charge on any atom is 0.416 e. The first kappa shape index (κ1) is 7.78. The van der Waals surface area contributed by atoms with Crippen molar-refractivity contribution in [2.24, 2.45) is 0 Å². The van der Waals surface area contributed by atoms with Crippen LogP contribution in [0.25, 0.3) is 0 Å². The average Bonchev–Trinajstić information content (AvgIpc) is 2.36. The van der Waals surface area contributed by atoms with Gasteiger partial charge >= 0.3 is 6.09 Å². The van der Waals surface area contributed by atoms with E-state index in [9.17, 15) is 9.59 Å². The van der Waals surface area contributed by atoms with Crippen molar-refractivity contribution in [3.63, 3.8) is 0 Å². The molecule has 0 radical (unpaired) electrons. The number of amides is 2. The van der Waals surface area contributed by atoms with Gasteiger partial charge in [-0.25, -0.2) is 9.69 Å². The first-order chi connectivity index (χ1) is 5.25. The fourth-order valence-corrected chi connectivity index (χ4v) is 0.854. The molecule has 1 aliphatic rings. The van der Waals surface area contributed by atoms with E-state index in [1.54, 1.807) is 0 Å². The van der Waals surface area contributed by atoms with E-state index in [4.69, 9.17) is 0 Å². The van der Waals surface area contributed by atoms with E-state index in [1.165, 1.54) is 6.08 Å². The minimum absolute atomic E-state index is 0.190. The van der Waals surface area contributed by atoms with Crippen LogP contribution in [0.3, 0.4) is 0 Å². The molecule has 2 amide bonds. The number of nitrogens with zero attached hydrogens (tertiary/aromatic N) is 1. The molecule has 0 aromatic heterocycles. The maximum atomic E-state index is 11.0. The highest BCUT2D eigenvalue weighted by molar-refractivity contribution is 5.93. The predicted molar refractivity (Wildman–Crippen MR) is 37.9 cm³/mol. The number of cyclic esters (lactones) is 1. The SMILES string of the molecule is C=CCC(=O)N1CCOC1=O. The Labute approximate surface area is 64.4 Å². The van der Waals surface area contributed by atoms with Gasteiger partial charge in [0, 0.05) is 6.42 Å². The van der Waals surface area contributed by atoms with Gasteiger partial charge in [0.15, 0.2) is 0 Å². The molecule has 4 nitrogen and oxygen atoms in total. The van der Waals surface area contributed by atoms with Gasteiger partial charge < -0.3 is 4.74 Å². The summed E-state index contributed by atoms with van der Waals surface area (Å²) in [5.74, 6) is -0.248. The lowest BCUT2D eigenvalue weighted by Crippen LogP contribution is -2.30. The Morgan fingerprint density at radius 2 is 2.55 bits per heavy atom. The second-order valence-electron chi connectivity index (χ2n) is 2.15. The zero-order chi connectivity index (χ0) is 8.27. The molecule has 0 aliphatic carbocycles. The number of carbonyl (C=O) groups is 2. The van der Waals surface area contributed by atoms with Crippen LogP contribution < -0.4 is 0 Å². The van der Waals surface area contributed by atoms with Gasteiger partial charge in [-0.1, -0.05) is 6.08 Å². The maximum absolute atomic E-state index is 11.0. The summed E-state index contributed by atoms with van der Waals surface area (Å²) in [7, 11) is 0. The number of rotatable bonds is 2. The largest absolute Gasteiger partial charge is 0.447 e. The highest BCUT2D eigenvalue weighted by Crippen LogP contribution is 2.05. The smallest absolute Gasteiger partial charge is 0.416 e. The van der Waals surface area contributed by atoms with Gasteiger partial charge in [-0.3, -0.25) is 4.79 Å². The van der Waals surface area contributed by atoms with Gasteiger partial charge in [-0.2, -0.15) is 0 Å². The minimum Gasteiger partial charge on any atom is -0.447 e. The third-order valence-electron chi connectivity index (χ3n) is 1.38. The van der Waals surface area contributed by atoms with E-state index in [1.807, 2.05) is 0 Å². The summed E-state index contributed by atoms with van der Waals surface area (Å²) < 4.78 is 4.56. The fourth-order valence-electron chi connectivity index (χ4n) is 0.854. The Balaban J connectivity index is 2.52. The molecule has 0 unspecified atom stereocenters. The zero-order valence-electron chi connectivity index (χ0n) is 6.08. The van der Waals surface area contributed by atoms with Crippen LogP contribution in [0.15, 0.2) is 12.7 Å². The molecule has 0 bridgehead atoms. The van der Waals surface area contributed by atoms with Crippen LogP contribution in [0.1, 0.15) is 6.42 Å². The molecule has 1 aliphatic heterocycles. The molecule has 0 N–H and O–H groups in total. The molecule has 0 aromatic carbocycles. The topological polar surface area (TPSA) is 46.6 Å². The van der Waals surface area contributed by atoms with E-state index in [-0.39, 0.29) is 12.3 Å². The van der Waals surface area contributed by atoms with E-state index in [0.717, 1.165) is 4.90 Å². The summed E-state index contributed by atoms with van der Waals surface area (Å²) >= 11 is 0. The average molecular weight is 155 g/mol. The second-order valence-corrected chi connectivity index (χ2v) is 2.15. The molecule has 1 heterocycles. The molecule has 1 saturated heterocycles. The summed E-state index contributed by atoms with van der Waals surface area (Å²) in [4.78, 5) is 22.8. The molecule has 0 aromatic rings. The molecule has 0 atom stereocenters. The molecule has 1 rings (SSSR count). The highest BCUT2D eigenvalue weighted by Gasteiger charge is 2.26. The van der Waals surface area contributed by atoms with Crippen LogP contribution in [-0.2, 0) is 9.53 Å². The summed E-state index contributed by atoms with van der Waals surface area (Å²) in [5, 5.41) is 0. The van der Waals surface area contributed by atoms with Crippen LogP contribution in [-0.4, -0.2) is 30.1 Å². The van der Waals surface area contributed by atoms with Crippen molar-refractivity contribution in [1.82, 2.24) is 4.90 Å². The van der Waals surface area contributed by atoms with Crippen LogP contribution in [0.5, 0.6) is 0 Å². The molecule has 0 spiro atoms. The normalized spacial score (nSPS) is 16.4. The highest BCUT2D eigenvalue weighted by atomic mass is 16.6. The lowest BCUT2D eigenvalue weighted by Gasteiger charge is -2.07. The minimum atomic E-state index is -0.545. The molecule has 11 heavy (non-hydrogen) atoms. The van der Waals surface area contributed by atoms with Crippen LogP contribution >= 0.6 is 0 Å². The summed E-state index contributed by atoms with van der Waals surface area (Å²) in [6, 6.07) is 0.